The summed E-state index contributed by atoms with van der Waals surface area (Å²) in [7, 11) is 0. The second kappa shape index (κ2) is 8.59. The number of carbonyl (C=O) groups excluding carboxylic acids is 1. The average Bonchev–Trinajstić information content (AvgIpc) is 3.47. The van der Waals surface area contributed by atoms with Crippen molar-refractivity contribution >= 4 is 35.0 Å². The fourth-order valence-corrected chi connectivity index (χ4v) is 4.21. The first-order chi connectivity index (χ1) is 14.7. The molecule has 162 valence electrons. The number of para-hydroxylation sites is 1. The van der Waals surface area contributed by atoms with E-state index in [1.165, 1.54) is 16.4 Å². The minimum Gasteiger partial charge on any atom is -0.323 e. The minimum atomic E-state index is -4.55. The Morgan fingerprint density at radius 2 is 1.87 bits per heavy atom. The molecule has 1 aliphatic carbocycles. The van der Waals surface area contributed by atoms with Gasteiger partial charge >= 0.3 is 6.18 Å². The Morgan fingerprint density at radius 1 is 1.19 bits per heavy atom. The molecule has 1 atom stereocenters. The average molecular weight is 466 g/mol. The molecule has 1 aliphatic rings. The van der Waals surface area contributed by atoms with Crippen LogP contribution in [0.15, 0.2) is 64.4 Å². The van der Waals surface area contributed by atoms with Crippen molar-refractivity contribution in [1.29, 1.82) is 0 Å². The Kier molecular flexibility index (Phi) is 6.03. The molecule has 4 rings (SSSR count). The fraction of sp³-hybridized carbons (Fsp3) is 0.273. The number of halogens is 4. The quantitative estimate of drug-likeness (QED) is 0.436. The molecular weight excluding hydrogens is 447 g/mol. The SMILES string of the molecule is CC(C(=O)Nc1ccccc1Sc1ccc(Cl)cc1)n1nc(C(F)(F)F)cc1C1CC1. The normalized spacial score (nSPS) is 15.0. The Balaban J connectivity index is 1.55. The summed E-state index contributed by atoms with van der Waals surface area (Å²) >= 11 is 7.39. The molecule has 2 aromatic carbocycles. The van der Waals surface area contributed by atoms with Gasteiger partial charge in [-0.25, -0.2) is 0 Å². The van der Waals surface area contributed by atoms with Crippen LogP contribution in [0.4, 0.5) is 18.9 Å². The Labute approximate surface area is 186 Å². The van der Waals surface area contributed by atoms with Crippen LogP contribution < -0.4 is 5.32 Å². The molecule has 1 N–H and O–H groups in total. The number of alkyl halides is 3. The minimum absolute atomic E-state index is 0.0200. The van der Waals surface area contributed by atoms with Gasteiger partial charge in [0.15, 0.2) is 5.69 Å². The van der Waals surface area contributed by atoms with E-state index < -0.39 is 23.8 Å². The van der Waals surface area contributed by atoms with Crippen LogP contribution in [0.3, 0.4) is 0 Å². The van der Waals surface area contributed by atoms with Crippen molar-refractivity contribution in [3.05, 3.63) is 71.0 Å². The lowest BCUT2D eigenvalue weighted by molar-refractivity contribution is -0.141. The van der Waals surface area contributed by atoms with E-state index in [0.29, 0.717) is 16.4 Å². The van der Waals surface area contributed by atoms with Crippen molar-refractivity contribution in [1.82, 2.24) is 9.78 Å². The number of carbonyl (C=O) groups is 1. The second-order valence-electron chi connectivity index (χ2n) is 7.39. The third-order valence-electron chi connectivity index (χ3n) is 4.98. The Morgan fingerprint density at radius 3 is 2.52 bits per heavy atom. The van der Waals surface area contributed by atoms with E-state index in [0.717, 1.165) is 28.7 Å². The molecule has 1 heterocycles. The third kappa shape index (κ3) is 5.07. The lowest BCUT2D eigenvalue weighted by Gasteiger charge is -2.17. The summed E-state index contributed by atoms with van der Waals surface area (Å²) in [6.45, 7) is 1.56. The number of hydrogen-bond acceptors (Lipinski definition) is 3. The molecule has 0 saturated heterocycles. The van der Waals surface area contributed by atoms with Crippen LogP contribution >= 0.6 is 23.4 Å². The van der Waals surface area contributed by atoms with E-state index in [1.54, 1.807) is 31.2 Å². The predicted octanol–water partition coefficient (Wildman–Crippen LogP) is 6.78. The molecule has 3 aromatic rings. The summed E-state index contributed by atoms with van der Waals surface area (Å²) in [6.07, 6.45) is -2.94. The number of aromatic nitrogens is 2. The van der Waals surface area contributed by atoms with Crippen LogP contribution in [-0.4, -0.2) is 15.7 Å². The zero-order valence-electron chi connectivity index (χ0n) is 16.5. The van der Waals surface area contributed by atoms with Gasteiger partial charge < -0.3 is 5.32 Å². The van der Waals surface area contributed by atoms with Crippen molar-refractivity contribution in [3.8, 4) is 0 Å². The zero-order chi connectivity index (χ0) is 22.2. The van der Waals surface area contributed by atoms with E-state index in [9.17, 15) is 18.0 Å². The monoisotopic (exact) mass is 465 g/mol. The lowest BCUT2D eigenvalue weighted by atomic mass is 10.2. The standard InChI is InChI=1S/C22H19ClF3N3OS/c1-13(29-18(14-6-7-14)12-20(28-29)22(24,25)26)21(30)27-17-4-2-3-5-19(17)31-16-10-8-15(23)9-11-16/h2-5,8-14H,6-7H2,1H3,(H,27,30). The lowest BCUT2D eigenvalue weighted by Crippen LogP contribution is -2.26. The summed E-state index contributed by atoms with van der Waals surface area (Å²) in [6, 6.07) is 14.7. The number of amides is 1. The molecule has 1 saturated carbocycles. The van der Waals surface area contributed by atoms with Gasteiger partial charge in [-0.2, -0.15) is 18.3 Å². The largest absolute Gasteiger partial charge is 0.435 e. The first-order valence-electron chi connectivity index (χ1n) is 9.72. The fourth-order valence-electron chi connectivity index (χ4n) is 3.18. The highest BCUT2D eigenvalue weighted by Crippen LogP contribution is 2.43. The van der Waals surface area contributed by atoms with Gasteiger partial charge in [0, 0.05) is 26.4 Å². The van der Waals surface area contributed by atoms with Gasteiger partial charge in [0.05, 0.1) is 5.69 Å². The van der Waals surface area contributed by atoms with Crippen molar-refractivity contribution in [3.63, 3.8) is 0 Å². The highest BCUT2D eigenvalue weighted by atomic mass is 35.5. The van der Waals surface area contributed by atoms with Gasteiger partial charge in [-0.15, -0.1) is 0 Å². The Hall–Kier alpha value is -2.45. The van der Waals surface area contributed by atoms with E-state index >= 15 is 0 Å². The number of rotatable bonds is 6. The molecule has 1 unspecified atom stereocenters. The summed E-state index contributed by atoms with van der Waals surface area (Å²) in [5.74, 6) is -0.408. The van der Waals surface area contributed by atoms with Gasteiger partial charge in [0.1, 0.15) is 6.04 Å². The number of anilines is 1. The number of nitrogens with zero attached hydrogens (tertiary/aromatic N) is 2. The molecule has 0 radical (unpaired) electrons. The second-order valence-corrected chi connectivity index (χ2v) is 8.94. The molecule has 0 aliphatic heterocycles. The van der Waals surface area contributed by atoms with E-state index in [-0.39, 0.29) is 5.92 Å². The van der Waals surface area contributed by atoms with Gasteiger partial charge in [-0.3, -0.25) is 9.48 Å². The van der Waals surface area contributed by atoms with E-state index in [2.05, 4.69) is 10.4 Å². The third-order valence-corrected chi connectivity index (χ3v) is 6.32. The maximum Gasteiger partial charge on any atom is 0.435 e. The van der Waals surface area contributed by atoms with E-state index in [1.807, 2.05) is 24.3 Å². The number of nitrogens with one attached hydrogen (secondary N) is 1. The summed E-state index contributed by atoms with van der Waals surface area (Å²) < 4.78 is 40.7. The summed E-state index contributed by atoms with van der Waals surface area (Å²) in [4.78, 5) is 14.7. The predicted molar refractivity (Wildman–Crippen MR) is 115 cm³/mol. The highest BCUT2D eigenvalue weighted by Gasteiger charge is 2.39. The van der Waals surface area contributed by atoms with Gasteiger partial charge in [0.2, 0.25) is 5.91 Å². The summed E-state index contributed by atoms with van der Waals surface area (Å²) in [5, 5.41) is 7.19. The molecule has 1 fully saturated rings. The molecule has 0 bridgehead atoms. The van der Waals surface area contributed by atoms with Crippen molar-refractivity contribution in [2.24, 2.45) is 0 Å². The number of hydrogen-bond donors (Lipinski definition) is 1. The molecular formula is C22H19ClF3N3OS. The van der Waals surface area contributed by atoms with Crippen molar-refractivity contribution in [2.75, 3.05) is 5.32 Å². The van der Waals surface area contributed by atoms with Gasteiger partial charge in [-0.05, 0) is 62.2 Å². The molecule has 0 spiro atoms. The highest BCUT2D eigenvalue weighted by molar-refractivity contribution is 7.99. The van der Waals surface area contributed by atoms with Crippen LogP contribution in [-0.2, 0) is 11.0 Å². The Bertz CT molecular complexity index is 1090. The van der Waals surface area contributed by atoms with Crippen LogP contribution in [0.25, 0.3) is 0 Å². The molecule has 9 heteroatoms. The molecule has 1 amide bonds. The summed E-state index contributed by atoms with van der Waals surface area (Å²) in [5.41, 5.74) is 0.0713. The van der Waals surface area contributed by atoms with Crippen molar-refractivity contribution < 1.29 is 18.0 Å². The first kappa shape index (κ1) is 21.8. The van der Waals surface area contributed by atoms with E-state index in [4.69, 9.17) is 11.6 Å². The molecule has 31 heavy (non-hydrogen) atoms. The van der Waals surface area contributed by atoms with Crippen LogP contribution in [0.2, 0.25) is 5.02 Å². The number of benzene rings is 2. The van der Waals surface area contributed by atoms with Crippen LogP contribution in [0, 0.1) is 0 Å². The maximum atomic E-state index is 13.2. The molecule has 1 aromatic heterocycles. The van der Waals surface area contributed by atoms with Crippen molar-refractivity contribution in [2.45, 2.75) is 47.7 Å². The zero-order valence-corrected chi connectivity index (χ0v) is 18.1. The topological polar surface area (TPSA) is 46.9 Å². The molecule has 4 nitrogen and oxygen atoms in total. The maximum absolute atomic E-state index is 13.2. The van der Waals surface area contributed by atoms with Crippen LogP contribution in [0.5, 0.6) is 0 Å². The van der Waals surface area contributed by atoms with Gasteiger partial charge in [-0.1, -0.05) is 35.5 Å². The van der Waals surface area contributed by atoms with Gasteiger partial charge in [0.25, 0.3) is 0 Å². The smallest absolute Gasteiger partial charge is 0.323 e. The first-order valence-corrected chi connectivity index (χ1v) is 10.9. The van der Waals surface area contributed by atoms with Crippen LogP contribution in [0.1, 0.15) is 43.1 Å².